The standard InChI is InChI=1S/C7H8N2.CH2O2/c8-7(9)6-4-2-1-3-5-6;2-1-3/h1-5H,(H3,8,9);1H,(H,2,3). The molecular formula is C8H10N2O2. The molecule has 0 radical (unpaired) electrons. The van der Waals surface area contributed by atoms with Crippen LogP contribution in [0.5, 0.6) is 0 Å². The van der Waals surface area contributed by atoms with Gasteiger partial charge in [0.05, 0.1) is 0 Å². The van der Waals surface area contributed by atoms with Crippen LogP contribution in [0.2, 0.25) is 0 Å². The van der Waals surface area contributed by atoms with Crippen molar-refractivity contribution in [1.29, 1.82) is 5.41 Å². The van der Waals surface area contributed by atoms with Gasteiger partial charge in [-0.25, -0.2) is 0 Å². The number of nitrogens with two attached hydrogens (primary N) is 1. The number of carbonyl (C=O) groups is 1. The topological polar surface area (TPSA) is 87.2 Å². The first kappa shape index (κ1) is 10.2. The molecule has 0 aromatic heterocycles. The average Bonchev–Trinajstić information content (AvgIpc) is 2.07. The van der Waals surface area contributed by atoms with E-state index in [0.29, 0.717) is 0 Å². The largest absolute Gasteiger partial charge is 0.483 e. The highest BCUT2D eigenvalue weighted by atomic mass is 16.3. The third kappa shape index (κ3) is 4.05. The zero-order valence-corrected chi connectivity index (χ0v) is 6.40. The molecular weight excluding hydrogens is 156 g/mol. The third-order valence-corrected chi connectivity index (χ3v) is 1.08. The van der Waals surface area contributed by atoms with Crippen LogP contribution in [0.15, 0.2) is 30.3 Å². The van der Waals surface area contributed by atoms with Crippen molar-refractivity contribution >= 4 is 12.3 Å². The van der Waals surface area contributed by atoms with Gasteiger partial charge in [-0.05, 0) is 0 Å². The Morgan fingerprint density at radius 2 is 1.83 bits per heavy atom. The minimum absolute atomic E-state index is 0.121. The lowest BCUT2D eigenvalue weighted by atomic mass is 10.2. The molecule has 0 aliphatic carbocycles. The maximum absolute atomic E-state index is 8.36. The molecule has 4 heteroatoms. The van der Waals surface area contributed by atoms with Crippen LogP contribution >= 0.6 is 0 Å². The van der Waals surface area contributed by atoms with E-state index in [1.54, 1.807) is 0 Å². The molecule has 12 heavy (non-hydrogen) atoms. The molecule has 0 aliphatic rings. The molecule has 0 atom stereocenters. The van der Waals surface area contributed by atoms with Crippen LogP contribution in [0.4, 0.5) is 0 Å². The first-order valence-electron chi connectivity index (χ1n) is 3.19. The lowest BCUT2D eigenvalue weighted by molar-refractivity contribution is -0.122. The van der Waals surface area contributed by atoms with Crippen molar-refractivity contribution in [2.75, 3.05) is 0 Å². The van der Waals surface area contributed by atoms with Crippen molar-refractivity contribution in [2.45, 2.75) is 0 Å². The highest BCUT2D eigenvalue weighted by Crippen LogP contribution is 1.94. The first-order chi connectivity index (χ1) is 5.72. The average molecular weight is 166 g/mol. The quantitative estimate of drug-likeness (QED) is 0.325. The number of carboxylic acid groups (broad SMARTS) is 1. The van der Waals surface area contributed by atoms with Crippen LogP contribution in [0, 0.1) is 5.41 Å². The minimum Gasteiger partial charge on any atom is -0.483 e. The van der Waals surface area contributed by atoms with Crippen molar-refractivity contribution in [3.8, 4) is 0 Å². The zero-order valence-electron chi connectivity index (χ0n) is 6.40. The van der Waals surface area contributed by atoms with Gasteiger partial charge in [0.15, 0.2) is 0 Å². The van der Waals surface area contributed by atoms with Crippen LogP contribution in [0.3, 0.4) is 0 Å². The van der Waals surface area contributed by atoms with E-state index in [2.05, 4.69) is 0 Å². The fraction of sp³-hybridized carbons (Fsp3) is 0. The van der Waals surface area contributed by atoms with Gasteiger partial charge in [0.2, 0.25) is 0 Å². The highest BCUT2D eigenvalue weighted by Gasteiger charge is 1.89. The van der Waals surface area contributed by atoms with E-state index in [1.807, 2.05) is 30.3 Å². The Labute approximate surface area is 70.1 Å². The summed E-state index contributed by atoms with van der Waals surface area (Å²) in [5, 5.41) is 13.9. The first-order valence-corrected chi connectivity index (χ1v) is 3.19. The molecule has 0 unspecified atom stereocenters. The molecule has 64 valence electrons. The predicted molar refractivity (Wildman–Crippen MR) is 46.2 cm³/mol. The summed E-state index contributed by atoms with van der Waals surface area (Å²) in [5.74, 6) is 0.121. The molecule has 0 bridgehead atoms. The van der Waals surface area contributed by atoms with Crippen LogP contribution < -0.4 is 5.73 Å². The Kier molecular flexibility index (Phi) is 5.00. The van der Waals surface area contributed by atoms with Gasteiger partial charge in [0.1, 0.15) is 5.84 Å². The Bertz CT molecular complexity index is 246. The molecule has 4 N–H and O–H groups in total. The maximum Gasteiger partial charge on any atom is 0.290 e. The van der Waals surface area contributed by atoms with E-state index < -0.39 is 0 Å². The molecule has 1 aromatic carbocycles. The van der Waals surface area contributed by atoms with Crippen molar-refractivity contribution in [3.05, 3.63) is 35.9 Å². The second-order valence-electron chi connectivity index (χ2n) is 1.89. The van der Waals surface area contributed by atoms with Crippen molar-refractivity contribution in [3.63, 3.8) is 0 Å². The summed E-state index contributed by atoms with van der Waals surface area (Å²) in [6, 6.07) is 9.23. The van der Waals surface area contributed by atoms with Crippen LogP contribution in [0.1, 0.15) is 5.56 Å². The van der Waals surface area contributed by atoms with Gasteiger partial charge < -0.3 is 10.8 Å². The Balaban J connectivity index is 0.000000354. The molecule has 0 fully saturated rings. The van der Waals surface area contributed by atoms with Crippen LogP contribution in [-0.2, 0) is 4.79 Å². The van der Waals surface area contributed by atoms with Gasteiger partial charge in [-0.1, -0.05) is 30.3 Å². The van der Waals surface area contributed by atoms with Crippen molar-refractivity contribution in [1.82, 2.24) is 0 Å². The number of amidine groups is 1. The van der Waals surface area contributed by atoms with Gasteiger partial charge in [-0.3, -0.25) is 10.2 Å². The number of rotatable bonds is 1. The molecule has 0 saturated carbocycles. The fourth-order valence-corrected chi connectivity index (χ4v) is 0.618. The number of nitrogen functional groups attached to an aromatic ring is 1. The number of hydrogen-bond acceptors (Lipinski definition) is 2. The van der Waals surface area contributed by atoms with Gasteiger partial charge in [0.25, 0.3) is 6.47 Å². The molecule has 1 rings (SSSR count). The lowest BCUT2D eigenvalue weighted by Gasteiger charge is -1.93. The lowest BCUT2D eigenvalue weighted by Crippen LogP contribution is -2.10. The second kappa shape index (κ2) is 5.91. The molecule has 0 spiro atoms. The zero-order chi connectivity index (χ0) is 9.40. The number of benzene rings is 1. The van der Waals surface area contributed by atoms with E-state index in [9.17, 15) is 0 Å². The van der Waals surface area contributed by atoms with Gasteiger partial charge in [-0.2, -0.15) is 0 Å². The van der Waals surface area contributed by atoms with Gasteiger partial charge in [0, 0.05) is 5.56 Å². The van der Waals surface area contributed by atoms with E-state index in [0.717, 1.165) is 5.56 Å². The smallest absolute Gasteiger partial charge is 0.290 e. The molecule has 1 aromatic rings. The van der Waals surface area contributed by atoms with Gasteiger partial charge >= 0.3 is 0 Å². The molecule has 4 nitrogen and oxygen atoms in total. The summed E-state index contributed by atoms with van der Waals surface area (Å²) in [4.78, 5) is 8.36. The van der Waals surface area contributed by atoms with E-state index in [-0.39, 0.29) is 12.3 Å². The minimum atomic E-state index is -0.250. The van der Waals surface area contributed by atoms with Crippen molar-refractivity contribution < 1.29 is 9.90 Å². The number of hydrogen-bond donors (Lipinski definition) is 3. The van der Waals surface area contributed by atoms with Gasteiger partial charge in [-0.15, -0.1) is 0 Å². The normalized spacial score (nSPS) is 7.67. The summed E-state index contributed by atoms with van der Waals surface area (Å²) in [7, 11) is 0. The SMILES string of the molecule is N=C(N)c1ccccc1.O=CO. The summed E-state index contributed by atoms with van der Waals surface area (Å²) in [5.41, 5.74) is 5.97. The summed E-state index contributed by atoms with van der Waals surface area (Å²) in [6.07, 6.45) is 0. The van der Waals surface area contributed by atoms with E-state index >= 15 is 0 Å². The van der Waals surface area contributed by atoms with Crippen LogP contribution in [0.25, 0.3) is 0 Å². The molecule has 0 aliphatic heterocycles. The van der Waals surface area contributed by atoms with Crippen molar-refractivity contribution in [2.24, 2.45) is 5.73 Å². The predicted octanol–water partition coefficient (Wildman–Crippen LogP) is 0.671. The van der Waals surface area contributed by atoms with E-state index in [4.69, 9.17) is 21.0 Å². The summed E-state index contributed by atoms with van der Waals surface area (Å²) >= 11 is 0. The Morgan fingerprint density at radius 3 is 2.08 bits per heavy atom. The maximum atomic E-state index is 8.36. The second-order valence-corrected chi connectivity index (χ2v) is 1.89. The molecule has 0 heterocycles. The third-order valence-electron chi connectivity index (χ3n) is 1.08. The summed E-state index contributed by atoms with van der Waals surface area (Å²) in [6.45, 7) is -0.250. The van der Waals surface area contributed by atoms with E-state index in [1.165, 1.54) is 0 Å². The summed E-state index contributed by atoms with van der Waals surface area (Å²) < 4.78 is 0. The Morgan fingerprint density at radius 1 is 1.42 bits per heavy atom. The number of nitrogens with one attached hydrogen (secondary N) is 1. The van der Waals surface area contributed by atoms with Crippen LogP contribution in [-0.4, -0.2) is 17.4 Å². The monoisotopic (exact) mass is 166 g/mol. The molecule has 0 amide bonds. The fourth-order valence-electron chi connectivity index (χ4n) is 0.618. The highest BCUT2D eigenvalue weighted by molar-refractivity contribution is 5.94. The Hall–Kier alpha value is -1.84. The molecule has 0 saturated heterocycles.